The summed E-state index contributed by atoms with van der Waals surface area (Å²) in [4.78, 5) is 32.9. The highest BCUT2D eigenvalue weighted by Crippen LogP contribution is 2.28. The highest BCUT2D eigenvalue weighted by Gasteiger charge is 2.36. The van der Waals surface area contributed by atoms with Crippen LogP contribution in [-0.2, 0) is 29.2 Å². The van der Waals surface area contributed by atoms with E-state index in [-0.39, 0.29) is 18.9 Å². The fraction of sp³-hybridized carbons (Fsp3) is 0.677. The SMILES string of the molecule is CC(C)C[C@@H](C(=O)NN(CCC1CCCCC1)S(C)(=O)=O)[C@H](C/C=C/c1ccccc1)C(=O)NOC1CCCCO1. The van der Waals surface area contributed by atoms with E-state index in [1.165, 1.54) is 6.42 Å². The molecule has 1 aliphatic carbocycles. The number of amides is 2. The third-order valence-corrected chi connectivity index (χ3v) is 8.99. The van der Waals surface area contributed by atoms with Gasteiger partial charge >= 0.3 is 0 Å². The Morgan fingerprint density at radius 1 is 1.02 bits per heavy atom. The normalized spacial score (nSPS) is 20.3. The van der Waals surface area contributed by atoms with Crippen molar-refractivity contribution in [1.82, 2.24) is 15.3 Å². The summed E-state index contributed by atoms with van der Waals surface area (Å²) >= 11 is 0. The van der Waals surface area contributed by atoms with Crippen molar-refractivity contribution in [3.63, 3.8) is 0 Å². The highest BCUT2D eigenvalue weighted by molar-refractivity contribution is 7.88. The molecule has 3 atom stereocenters. The molecule has 2 aliphatic rings. The quantitative estimate of drug-likeness (QED) is 0.271. The molecule has 1 aromatic carbocycles. The lowest BCUT2D eigenvalue weighted by Gasteiger charge is -2.30. The first-order valence-corrected chi connectivity index (χ1v) is 17.0. The Morgan fingerprint density at radius 3 is 2.37 bits per heavy atom. The molecule has 9 nitrogen and oxygen atoms in total. The van der Waals surface area contributed by atoms with Crippen molar-refractivity contribution in [3.8, 4) is 0 Å². The molecule has 3 rings (SSSR count). The van der Waals surface area contributed by atoms with Crippen molar-refractivity contribution in [3.05, 3.63) is 42.0 Å². The van der Waals surface area contributed by atoms with Crippen LogP contribution in [0.1, 0.15) is 90.0 Å². The predicted octanol–water partition coefficient (Wildman–Crippen LogP) is 5.21. The molecule has 41 heavy (non-hydrogen) atoms. The Balaban J connectivity index is 1.77. The van der Waals surface area contributed by atoms with E-state index in [1.807, 2.05) is 56.3 Å². The number of hydrogen-bond acceptors (Lipinski definition) is 6. The Hall–Kier alpha value is -2.27. The lowest BCUT2D eigenvalue weighted by Crippen LogP contribution is -2.51. The molecule has 1 aromatic rings. The molecule has 0 bridgehead atoms. The first-order chi connectivity index (χ1) is 19.6. The van der Waals surface area contributed by atoms with Gasteiger partial charge in [-0.25, -0.2) is 18.7 Å². The molecule has 10 heteroatoms. The molecule has 2 amide bonds. The van der Waals surface area contributed by atoms with E-state index in [0.717, 1.165) is 54.8 Å². The number of hydrazine groups is 1. The van der Waals surface area contributed by atoms with Gasteiger partial charge in [0.25, 0.3) is 0 Å². The minimum atomic E-state index is -3.70. The van der Waals surface area contributed by atoms with E-state index in [1.54, 1.807) is 0 Å². The minimum Gasteiger partial charge on any atom is -0.350 e. The summed E-state index contributed by atoms with van der Waals surface area (Å²) in [5.74, 6) is -1.90. The number of hydroxylamine groups is 1. The van der Waals surface area contributed by atoms with Crippen LogP contribution in [0.4, 0.5) is 0 Å². The maximum absolute atomic E-state index is 13.8. The first-order valence-electron chi connectivity index (χ1n) is 15.2. The van der Waals surface area contributed by atoms with Crippen molar-refractivity contribution >= 4 is 27.9 Å². The predicted molar refractivity (Wildman–Crippen MR) is 160 cm³/mol. The second kappa shape index (κ2) is 17.0. The number of rotatable bonds is 15. The molecule has 1 heterocycles. The number of sulfonamides is 1. The van der Waals surface area contributed by atoms with Gasteiger partial charge in [-0.1, -0.05) is 88.4 Å². The number of ether oxygens (including phenoxy) is 1. The number of benzene rings is 1. The van der Waals surface area contributed by atoms with Crippen LogP contribution >= 0.6 is 0 Å². The van der Waals surface area contributed by atoms with Gasteiger partial charge in [0, 0.05) is 19.6 Å². The van der Waals surface area contributed by atoms with Gasteiger partial charge in [0.1, 0.15) is 0 Å². The van der Waals surface area contributed by atoms with Crippen molar-refractivity contribution < 1.29 is 27.6 Å². The van der Waals surface area contributed by atoms with E-state index in [0.29, 0.717) is 31.8 Å². The summed E-state index contributed by atoms with van der Waals surface area (Å²) < 4.78 is 32.0. The number of nitrogens with zero attached hydrogens (tertiary/aromatic N) is 1. The van der Waals surface area contributed by atoms with E-state index < -0.39 is 40.0 Å². The minimum absolute atomic E-state index is 0.0932. The maximum atomic E-state index is 13.8. The molecular weight excluding hydrogens is 542 g/mol. The van der Waals surface area contributed by atoms with Gasteiger partial charge in [-0.15, -0.1) is 4.41 Å². The summed E-state index contributed by atoms with van der Waals surface area (Å²) in [6, 6.07) is 9.73. The number of carbonyl (C=O) groups excluding carboxylic acids is 2. The second-order valence-electron chi connectivity index (χ2n) is 11.9. The third kappa shape index (κ3) is 11.9. The van der Waals surface area contributed by atoms with E-state index in [2.05, 4.69) is 10.9 Å². The molecule has 0 spiro atoms. The average Bonchev–Trinajstić information content (AvgIpc) is 2.96. The Bertz CT molecular complexity index is 1070. The van der Waals surface area contributed by atoms with Crippen LogP contribution in [0.3, 0.4) is 0 Å². The first kappa shape index (κ1) is 33.2. The van der Waals surface area contributed by atoms with Gasteiger partial charge in [-0.2, -0.15) is 0 Å². The van der Waals surface area contributed by atoms with Crippen LogP contribution in [0.15, 0.2) is 36.4 Å². The van der Waals surface area contributed by atoms with Gasteiger partial charge in [0.15, 0.2) is 6.29 Å². The lowest BCUT2D eigenvalue weighted by molar-refractivity contribution is -0.203. The van der Waals surface area contributed by atoms with Crippen molar-refractivity contribution in [2.24, 2.45) is 23.7 Å². The lowest BCUT2D eigenvalue weighted by atomic mass is 9.82. The monoisotopic (exact) mass is 591 g/mol. The van der Waals surface area contributed by atoms with E-state index >= 15 is 0 Å². The molecule has 1 unspecified atom stereocenters. The van der Waals surface area contributed by atoms with Crippen molar-refractivity contribution in [2.45, 2.75) is 90.8 Å². The summed E-state index contributed by atoms with van der Waals surface area (Å²) in [6.07, 6.45) is 14.1. The summed E-state index contributed by atoms with van der Waals surface area (Å²) in [7, 11) is -3.70. The van der Waals surface area contributed by atoms with Gasteiger partial charge in [-0.05, 0) is 49.5 Å². The molecule has 230 valence electrons. The van der Waals surface area contributed by atoms with E-state index in [9.17, 15) is 18.0 Å². The molecule has 0 aromatic heterocycles. The summed E-state index contributed by atoms with van der Waals surface area (Å²) in [6.45, 7) is 4.76. The molecule has 1 saturated carbocycles. The average molecular weight is 592 g/mol. The van der Waals surface area contributed by atoms with E-state index in [4.69, 9.17) is 9.57 Å². The largest absolute Gasteiger partial charge is 0.350 e. The Kier molecular flexibility index (Phi) is 13.8. The zero-order valence-electron chi connectivity index (χ0n) is 24.9. The van der Waals surface area contributed by atoms with Crippen LogP contribution in [0, 0.1) is 23.7 Å². The van der Waals surface area contributed by atoms with Crippen LogP contribution in [0.25, 0.3) is 6.08 Å². The van der Waals surface area contributed by atoms with Crippen LogP contribution in [0.5, 0.6) is 0 Å². The van der Waals surface area contributed by atoms with Crippen LogP contribution in [0.2, 0.25) is 0 Å². The van der Waals surface area contributed by atoms with Crippen LogP contribution < -0.4 is 10.9 Å². The summed E-state index contributed by atoms with van der Waals surface area (Å²) in [5, 5.41) is 0. The number of allylic oxidation sites excluding steroid dienone is 1. The van der Waals surface area contributed by atoms with Crippen LogP contribution in [-0.4, -0.2) is 50.3 Å². The third-order valence-electron chi connectivity index (χ3n) is 7.91. The smallest absolute Gasteiger partial charge is 0.247 e. The number of carbonyl (C=O) groups is 2. The zero-order chi connectivity index (χ0) is 29.7. The van der Waals surface area contributed by atoms with Crippen molar-refractivity contribution in [2.75, 3.05) is 19.4 Å². The Labute approximate surface area is 246 Å². The zero-order valence-corrected chi connectivity index (χ0v) is 25.7. The molecule has 2 fully saturated rings. The maximum Gasteiger partial charge on any atom is 0.247 e. The molecular formula is C31H49N3O6S. The van der Waals surface area contributed by atoms with Gasteiger partial charge in [0.05, 0.1) is 18.1 Å². The second-order valence-corrected chi connectivity index (χ2v) is 13.8. The topological polar surface area (TPSA) is 114 Å². The molecule has 2 N–H and O–H groups in total. The number of nitrogens with one attached hydrogen (secondary N) is 2. The van der Waals surface area contributed by atoms with Gasteiger partial charge in [-0.3, -0.25) is 15.0 Å². The molecule has 1 aliphatic heterocycles. The standard InChI is InChI=1S/C31H49N3O6S/c1-24(2)23-28(30(35)32-34(41(3,37)38)21-20-26-15-8-5-9-16-26)27(18-12-17-25-13-6-4-7-14-25)31(36)33-40-29-19-10-11-22-39-29/h4,6-7,12-14,17,24,26-29H,5,8-11,15-16,18-23H2,1-3H3,(H,32,35)(H,33,36)/b17-12+/t27-,28+,29?/m0/s1. The molecule has 0 radical (unpaired) electrons. The highest BCUT2D eigenvalue weighted by atomic mass is 32.2. The molecule has 1 saturated heterocycles. The van der Waals surface area contributed by atoms with Crippen molar-refractivity contribution in [1.29, 1.82) is 0 Å². The van der Waals surface area contributed by atoms with Gasteiger partial charge in [0.2, 0.25) is 21.8 Å². The van der Waals surface area contributed by atoms with Gasteiger partial charge < -0.3 is 4.74 Å². The fourth-order valence-corrected chi connectivity index (χ4v) is 6.31. The fourth-order valence-electron chi connectivity index (χ4n) is 5.62. The summed E-state index contributed by atoms with van der Waals surface area (Å²) in [5.41, 5.74) is 6.22. The number of hydrogen-bond donors (Lipinski definition) is 2. The Morgan fingerprint density at radius 2 is 1.73 bits per heavy atom.